The zero-order valence-corrected chi connectivity index (χ0v) is 12.7. The number of ketones is 1. The van der Waals surface area contributed by atoms with Crippen molar-refractivity contribution >= 4 is 11.8 Å². The van der Waals surface area contributed by atoms with Gasteiger partial charge in [0.15, 0.2) is 5.78 Å². The Morgan fingerprint density at radius 2 is 1.76 bits per heavy atom. The van der Waals surface area contributed by atoms with Gasteiger partial charge in [-0.3, -0.25) is 9.59 Å². The van der Waals surface area contributed by atoms with Crippen LogP contribution in [0, 0.1) is 11.8 Å². The van der Waals surface area contributed by atoms with Gasteiger partial charge in [0, 0.05) is 11.5 Å². The van der Waals surface area contributed by atoms with Crippen molar-refractivity contribution in [2.45, 2.75) is 51.9 Å². The number of hydrogen-bond donors (Lipinski definition) is 1. The Bertz CT molecular complexity index is 490. The first-order valence-electron chi connectivity index (χ1n) is 7.99. The van der Waals surface area contributed by atoms with E-state index < -0.39 is 11.9 Å². The lowest BCUT2D eigenvalue weighted by Gasteiger charge is -2.14. The summed E-state index contributed by atoms with van der Waals surface area (Å²) < 4.78 is 0. The first kappa shape index (κ1) is 15.7. The number of aliphatic carboxylic acids is 1. The van der Waals surface area contributed by atoms with Crippen LogP contribution in [0.15, 0.2) is 24.3 Å². The Balaban J connectivity index is 2.01. The zero-order chi connectivity index (χ0) is 15.2. The quantitative estimate of drug-likeness (QED) is 0.607. The standard InChI is InChI=1S/C18H24O3/c1-2-3-4-6-13-9-11-14(12-10-13)17(19)15-7-5-8-16(15)18(20)21/h9-12,15-16H,2-8H2,1H3,(H,20,21)/t15-,16-/m0/s1. The van der Waals surface area contributed by atoms with Crippen molar-refractivity contribution in [3.8, 4) is 0 Å². The lowest BCUT2D eigenvalue weighted by Crippen LogP contribution is -2.25. The number of carboxylic acids is 1. The predicted octanol–water partition coefficient (Wildman–Crippen LogP) is 4.10. The summed E-state index contributed by atoms with van der Waals surface area (Å²) in [6.07, 6.45) is 6.81. The third kappa shape index (κ3) is 3.93. The summed E-state index contributed by atoms with van der Waals surface area (Å²) in [5, 5.41) is 9.19. The summed E-state index contributed by atoms with van der Waals surface area (Å²) in [5.41, 5.74) is 1.91. The number of Topliss-reactive ketones (excluding diaryl/α,β-unsaturated/α-hetero) is 1. The van der Waals surface area contributed by atoms with E-state index in [1.54, 1.807) is 0 Å². The van der Waals surface area contributed by atoms with E-state index in [1.807, 2.05) is 24.3 Å². The molecule has 2 atom stereocenters. The van der Waals surface area contributed by atoms with Crippen LogP contribution in [0.5, 0.6) is 0 Å². The van der Waals surface area contributed by atoms with Crippen molar-refractivity contribution in [1.82, 2.24) is 0 Å². The maximum absolute atomic E-state index is 12.5. The van der Waals surface area contributed by atoms with E-state index in [1.165, 1.54) is 24.8 Å². The average molecular weight is 288 g/mol. The van der Waals surface area contributed by atoms with Crippen LogP contribution in [0.25, 0.3) is 0 Å². The molecule has 114 valence electrons. The molecule has 0 saturated heterocycles. The van der Waals surface area contributed by atoms with Crippen LogP contribution < -0.4 is 0 Å². The molecule has 0 radical (unpaired) electrons. The van der Waals surface area contributed by atoms with Gasteiger partial charge in [0.2, 0.25) is 0 Å². The monoisotopic (exact) mass is 288 g/mol. The van der Waals surface area contributed by atoms with E-state index in [0.717, 1.165) is 12.8 Å². The molecule has 3 heteroatoms. The fraction of sp³-hybridized carbons (Fsp3) is 0.556. The molecule has 2 rings (SSSR count). The van der Waals surface area contributed by atoms with Crippen molar-refractivity contribution in [2.75, 3.05) is 0 Å². The molecule has 0 heterocycles. The SMILES string of the molecule is CCCCCc1ccc(C(=O)[C@H]2CCC[C@@H]2C(=O)O)cc1. The Morgan fingerprint density at radius 3 is 2.38 bits per heavy atom. The number of carbonyl (C=O) groups excluding carboxylic acids is 1. The topological polar surface area (TPSA) is 54.4 Å². The first-order chi connectivity index (χ1) is 10.1. The maximum atomic E-state index is 12.5. The number of aryl methyl sites for hydroxylation is 1. The Kier molecular flexibility index (Phi) is 5.54. The van der Waals surface area contributed by atoms with E-state index in [2.05, 4.69) is 6.92 Å². The van der Waals surface area contributed by atoms with Gasteiger partial charge in [0.25, 0.3) is 0 Å². The van der Waals surface area contributed by atoms with Crippen LogP contribution in [0.3, 0.4) is 0 Å². The minimum absolute atomic E-state index is 0.00000758. The fourth-order valence-corrected chi connectivity index (χ4v) is 3.20. The van der Waals surface area contributed by atoms with Crippen molar-refractivity contribution in [1.29, 1.82) is 0 Å². The first-order valence-corrected chi connectivity index (χ1v) is 7.99. The number of unbranched alkanes of at least 4 members (excludes halogenated alkanes) is 2. The minimum atomic E-state index is -0.831. The molecule has 1 aromatic carbocycles. The molecule has 1 N–H and O–H groups in total. The zero-order valence-electron chi connectivity index (χ0n) is 12.7. The molecule has 1 aliphatic rings. The Morgan fingerprint density at radius 1 is 1.10 bits per heavy atom. The summed E-state index contributed by atoms with van der Waals surface area (Å²) in [6.45, 7) is 2.18. The second-order valence-electron chi connectivity index (χ2n) is 6.00. The summed E-state index contributed by atoms with van der Waals surface area (Å²) in [5.74, 6) is -1.67. The van der Waals surface area contributed by atoms with Gasteiger partial charge < -0.3 is 5.11 Å². The molecular formula is C18H24O3. The number of rotatable bonds is 7. The summed E-state index contributed by atoms with van der Waals surface area (Å²) in [6, 6.07) is 7.74. The van der Waals surface area contributed by atoms with Crippen LogP contribution in [-0.2, 0) is 11.2 Å². The van der Waals surface area contributed by atoms with Crippen LogP contribution in [0.4, 0.5) is 0 Å². The van der Waals surface area contributed by atoms with Gasteiger partial charge in [0.05, 0.1) is 5.92 Å². The van der Waals surface area contributed by atoms with Gasteiger partial charge in [0.1, 0.15) is 0 Å². The van der Waals surface area contributed by atoms with Crippen LogP contribution in [-0.4, -0.2) is 16.9 Å². The summed E-state index contributed by atoms with van der Waals surface area (Å²) >= 11 is 0. The highest BCUT2D eigenvalue weighted by molar-refractivity contribution is 6.00. The summed E-state index contributed by atoms with van der Waals surface area (Å²) in [7, 11) is 0. The normalized spacial score (nSPS) is 21.4. The number of hydrogen-bond acceptors (Lipinski definition) is 2. The number of benzene rings is 1. The van der Waals surface area contributed by atoms with E-state index in [4.69, 9.17) is 0 Å². The molecule has 1 aromatic rings. The molecule has 0 aromatic heterocycles. The molecule has 0 spiro atoms. The van der Waals surface area contributed by atoms with Gasteiger partial charge in [-0.1, -0.05) is 50.5 Å². The van der Waals surface area contributed by atoms with E-state index in [-0.39, 0.29) is 11.7 Å². The van der Waals surface area contributed by atoms with E-state index >= 15 is 0 Å². The number of carboxylic acid groups (broad SMARTS) is 1. The molecule has 0 bridgehead atoms. The second kappa shape index (κ2) is 7.39. The third-order valence-electron chi connectivity index (χ3n) is 4.48. The van der Waals surface area contributed by atoms with Gasteiger partial charge in [-0.15, -0.1) is 0 Å². The van der Waals surface area contributed by atoms with E-state index in [9.17, 15) is 14.7 Å². The van der Waals surface area contributed by atoms with Gasteiger partial charge in [-0.2, -0.15) is 0 Å². The lowest BCUT2D eigenvalue weighted by atomic mass is 9.88. The van der Waals surface area contributed by atoms with Crippen molar-refractivity contribution in [3.63, 3.8) is 0 Å². The highest BCUT2D eigenvalue weighted by atomic mass is 16.4. The average Bonchev–Trinajstić information content (AvgIpc) is 2.97. The number of carbonyl (C=O) groups is 2. The van der Waals surface area contributed by atoms with E-state index in [0.29, 0.717) is 18.4 Å². The van der Waals surface area contributed by atoms with Gasteiger partial charge >= 0.3 is 5.97 Å². The van der Waals surface area contributed by atoms with Gasteiger partial charge in [-0.05, 0) is 31.2 Å². The lowest BCUT2D eigenvalue weighted by molar-refractivity contribution is -0.142. The Labute approximate surface area is 126 Å². The highest BCUT2D eigenvalue weighted by Crippen LogP contribution is 2.34. The van der Waals surface area contributed by atoms with Crippen LogP contribution in [0.2, 0.25) is 0 Å². The van der Waals surface area contributed by atoms with Crippen molar-refractivity contribution in [3.05, 3.63) is 35.4 Å². The highest BCUT2D eigenvalue weighted by Gasteiger charge is 2.37. The predicted molar refractivity (Wildman–Crippen MR) is 82.5 cm³/mol. The molecular weight excluding hydrogens is 264 g/mol. The van der Waals surface area contributed by atoms with Gasteiger partial charge in [-0.25, -0.2) is 0 Å². The second-order valence-corrected chi connectivity index (χ2v) is 6.00. The largest absolute Gasteiger partial charge is 0.481 e. The maximum Gasteiger partial charge on any atom is 0.307 e. The fourth-order valence-electron chi connectivity index (χ4n) is 3.20. The summed E-state index contributed by atoms with van der Waals surface area (Å²) in [4.78, 5) is 23.7. The molecule has 0 unspecified atom stereocenters. The molecule has 21 heavy (non-hydrogen) atoms. The molecule has 1 fully saturated rings. The van der Waals surface area contributed by atoms with Crippen molar-refractivity contribution < 1.29 is 14.7 Å². The smallest absolute Gasteiger partial charge is 0.307 e. The molecule has 0 amide bonds. The van der Waals surface area contributed by atoms with Crippen molar-refractivity contribution in [2.24, 2.45) is 11.8 Å². The molecule has 1 saturated carbocycles. The molecule has 3 nitrogen and oxygen atoms in total. The van der Waals surface area contributed by atoms with Crippen LogP contribution in [0.1, 0.15) is 61.4 Å². The minimum Gasteiger partial charge on any atom is -0.481 e. The Hall–Kier alpha value is -1.64. The molecule has 0 aliphatic heterocycles. The molecule has 1 aliphatic carbocycles. The third-order valence-corrected chi connectivity index (χ3v) is 4.48. The van der Waals surface area contributed by atoms with Crippen LogP contribution >= 0.6 is 0 Å².